The maximum absolute atomic E-state index is 13.8. The Morgan fingerprint density at radius 3 is 2.86 bits per heavy atom. The lowest BCUT2D eigenvalue weighted by Gasteiger charge is -2.16. The van der Waals surface area contributed by atoms with E-state index in [0.29, 0.717) is 29.2 Å². The van der Waals surface area contributed by atoms with Crippen molar-refractivity contribution in [2.24, 2.45) is 0 Å². The van der Waals surface area contributed by atoms with E-state index < -0.39 is 0 Å². The number of aromatic nitrogens is 5. The minimum atomic E-state index is 0.0310. The van der Waals surface area contributed by atoms with Crippen molar-refractivity contribution in [2.45, 2.75) is 69.0 Å². The Morgan fingerprint density at radius 1 is 1.16 bits per heavy atom. The number of hydrogen-bond donors (Lipinski definition) is 2. The van der Waals surface area contributed by atoms with Gasteiger partial charge in [0.2, 0.25) is 11.9 Å². The van der Waals surface area contributed by atoms with Crippen molar-refractivity contribution in [1.82, 2.24) is 24.5 Å². The Morgan fingerprint density at radius 2 is 2.03 bits per heavy atom. The van der Waals surface area contributed by atoms with E-state index in [1.165, 1.54) is 28.6 Å². The van der Waals surface area contributed by atoms with Crippen LogP contribution in [0, 0.1) is 6.92 Å². The third kappa shape index (κ3) is 5.07. The zero-order valence-corrected chi connectivity index (χ0v) is 22.3. The predicted molar refractivity (Wildman–Crippen MR) is 148 cm³/mol. The fraction of sp³-hybridized carbons (Fsp3) is 0.423. The van der Waals surface area contributed by atoms with Gasteiger partial charge in [0.1, 0.15) is 10.7 Å². The van der Waals surface area contributed by atoms with Gasteiger partial charge in [-0.05, 0) is 62.6 Å². The number of ether oxygens (including phenoxy) is 1. The van der Waals surface area contributed by atoms with Gasteiger partial charge in [0.25, 0.3) is 5.56 Å². The summed E-state index contributed by atoms with van der Waals surface area (Å²) >= 11 is 3.12. The second kappa shape index (κ2) is 10.4. The first-order valence-corrected chi connectivity index (χ1v) is 14.5. The molecule has 37 heavy (non-hydrogen) atoms. The normalized spacial score (nSPS) is 17.3. The van der Waals surface area contributed by atoms with Crippen LogP contribution in [0.4, 0.5) is 17.6 Å². The fourth-order valence-corrected chi connectivity index (χ4v) is 7.17. The summed E-state index contributed by atoms with van der Waals surface area (Å²) in [6, 6.07) is 7.91. The van der Waals surface area contributed by atoms with Gasteiger partial charge < -0.3 is 15.8 Å². The predicted octanol–water partition coefficient (Wildman–Crippen LogP) is 4.63. The molecule has 3 N–H and O–H groups in total. The number of anilines is 3. The van der Waals surface area contributed by atoms with Crippen molar-refractivity contribution in [3.05, 3.63) is 56.4 Å². The highest BCUT2D eigenvalue weighted by Gasteiger charge is 2.25. The zero-order chi connectivity index (χ0) is 25.4. The Hall–Kier alpha value is -3.02. The molecule has 4 aromatic rings. The molecule has 11 heteroatoms. The fourth-order valence-electron chi connectivity index (χ4n) is 5.00. The van der Waals surface area contributed by atoms with E-state index in [4.69, 9.17) is 15.5 Å². The van der Waals surface area contributed by atoms with Crippen LogP contribution in [0.1, 0.15) is 47.5 Å². The quantitative estimate of drug-likeness (QED) is 0.258. The van der Waals surface area contributed by atoms with Crippen LogP contribution >= 0.6 is 23.1 Å². The molecule has 1 atom stereocenters. The van der Waals surface area contributed by atoms with E-state index in [-0.39, 0.29) is 17.6 Å². The first kappa shape index (κ1) is 24.3. The van der Waals surface area contributed by atoms with Crippen LogP contribution in [-0.2, 0) is 29.9 Å². The van der Waals surface area contributed by atoms with Crippen LogP contribution in [0.25, 0.3) is 10.2 Å². The van der Waals surface area contributed by atoms with E-state index in [2.05, 4.69) is 20.3 Å². The molecule has 0 bridgehead atoms. The van der Waals surface area contributed by atoms with E-state index in [1.807, 2.05) is 35.8 Å². The number of hydrogen-bond acceptors (Lipinski definition) is 10. The average Bonchev–Trinajstić information content (AvgIpc) is 3.53. The van der Waals surface area contributed by atoms with E-state index in [1.54, 1.807) is 11.3 Å². The molecule has 0 saturated carbocycles. The highest BCUT2D eigenvalue weighted by molar-refractivity contribution is 7.98. The number of nitrogen functional groups attached to an aromatic ring is 1. The number of nitrogens with zero attached hydrogens (tertiary/aromatic N) is 5. The molecule has 1 fully saturated rings. The van der Waals surface area contributed by atoms with Crippen molar-refractivity contribution in [1.29, 1.82) is 0 Å². The summed E-state index contributed by atoms with van der Waals surface area (Å²) in [4.78, 5) is 34.1. The molecule has 1 saturated heterocycles. The highest BCUT2D eigenvalue weighted by atomic mass is 32.2. The molecule has 0 amide bonds. The summed E-state index contributed by atoms with van der Waals surface area (Å²) in [7, 11) is 0. The zero-order valence-electron chi connectivity index (χ0n) is 20.7. The van der Waals surface area contributed by atoms with E-state index in [9.17, 15) is 4.79 Å². The number of nitrogens with two attached hydrogens (primary N) is 1. The third-order valence-electron chi connectivity index (χ3n) is 6.87. The topological polar surface area (TPSA) is 121 Å². The monoisotopic (exact) mass is 535 g/mol. The Kier molecular flexibility index (Phi) is 6.83. The van der Waals surface area contributed by atoms with Crippen LogP contribution in [-0.4, -0.2) is 37.2 Å². The van der Waals surface area contributed by atoms with Gasteiger partial charge in [-0.3, -0.25) is 9.36 Å². The van der Waals surface area contributed by atoms with Gasteiger partial charge in [0.15, 0.2) is 5.16 Å². The third-order valence-corrected chi connectivity index (χ3v) is 9.03. The molecule has 3 aromatic heterocycles. The van der Waals surface area contributed by atoms with Crippen LogP contribution < -0.4 is 16.6 Å². The van der Waals surface area contributed by atoms with E-state index >= 15 is 0 Å². The van der Waals surface area contributed by atoms with Gasteiger partial charge in [-0.2, -0.15) is 15.0 Å². The summed E-state index contributed by atoms with van der Waals surface area (Å²) in [5, 5.41) is 4.70. The lowest BCUT2D eigenvalue weighted by atomic mass is 9.97. The Balaban J connectivity index is 1.32. The molecular weight excluding hydrogens is 506 g/mol. The molecule has 1 aromatic carbocycles. The Labute approximate surface area is 222 Å². The van der Waals surface area contributed by atoms with Gasteiger partial charge in [-0.1, -0.05) is 30.0 Å². The number of benzene rings is 1. The van der Waals surface area contributed by atoms with E-state index in [0.717, 1.165) is 60.2 Å². The van der Waals surface area contributed by atoms with Crippen molar-refractivity contribution >= 4 is 50.9 Å². The lowest BCUT2D eigenvalue weighted by molar-refractivity contribution is 0.0937. The van der Waals surface area contributed by atoms with Gasteiger partial charge in [-0.15, -0.1) is 11.3 Å². The molecular formula is C26H29N7O2S2. The maximum atomic E-state index is 13.8. The van der Waals surface area contributed by atoms with Crippen LogP contribution in [0.5, 0.6) is 0 Å². The lowest BCUT2D eigenvalue weighted by Crippen LogP contribution is -2.29. The number of aryl methyl sites for hydroxylation is 3. The number of rotatable bonds is 7. The summed E-state index contributed by atoms with van der Waals surface area (Å²) < 4.78 is 7.69. The summed E-state index contributed by atoms with van der Waals surface area (Å²) in [5.74, 6) is 1.47. The van der Waals surface area contributed by atoms with Gasteiger partial charge in [0, 0.05) is 17.2 Å². The van der Waals surface area contributed by atoms with Gasteiger partial charge in [0.05, 0.1) is 23.8 Å². The van der Waals surface area contributed by atoms with Gasteiger partial charge in [-0.25, -0.2) is 4.98 Å². The molecule has 192 valence electrons. The van der Waals surface area contributed by atoms with Crippen molar-refractivity contribution in [3.63, 3.8) is 0 Å². The Bertz CT molecular complexity index is 1510. The largest absolute Gasteiger partial charge is 0.376 e. The summed E-state index contributed by atoms with van der Waals surface area (Å²) in [6.07, 6.45) is 6.29. The van der Waals surface area contributed by atoms with Gasteiger partial charge >= 0.3 is 0 Å². The molecule has 6 rings (SSSR count). The molecule has 9 nitrogen and oxygen atoms in total. The number of para-hydroxylation sites is 1. The second-order valence-electron chi connectivity index (χ2n) is 9.50. The summed E-state index contributed by atoms with van der Waals surface area (Å²) in [5.41, 5.74) is 9.25. The molecule has 2 aliphatic rings. The highest BCUT2D eigenvalue weighted by Crippen LogP contribution is 2.35. The smallest absolute Gasteiger partial charge is 0.263 e. The molecule has 0 radical (unpaired) electrons. The van der Waals surface area contributed by atoms with Crippen LogP contribution in [0.3, 0.4) is 0 Å². The number of thioether (sulfide) groups is 1. The first-order chi connectivity index (χ1) is 18.0. The van der Waals surface area contributed by atoms with Crippen LogP contribution in [0.2, 0.25) is 0 Å². The molecule has 0 unspecified atom stereocenters. The first-order valence-electron chi connectivity index (χ1n) is 12.7. The minimum absolute atomic E-state index is 0.0310. The van der Waals surface area contributed by atoms with Crippen molar-refractivity contribution in [2.75, 3.05) is 17.7 Å². The molecule has 0 spiro atoms. The van der Waals surface area contributed by atoms with Crippen LogP contribution in [0.15, 0.2) is 34.2 Å². The van der Waals surface area contributed by atoms with Crippen molar-refractivity contribution < 1.29 is 4.74 Å². The number of nitrogens with one attached hydrogen (secondary N) is 1. The standard InChI is InChI=1S/C26H29N7O2S2/c1-15-7-2-4-10-18(15)28-25-30-20(29-24(27)32-25)14-36-26-31-22-21(17-9-3-5-11-19(17)37-22)23(34)33(26)13-16-8-6-12-35-16/h2,4,7,10,16H,3,5-6,8-9,11-14H2,1H3,(H3,27,28,29,30,32)/t16-/m0/s1. The number of fused-ring (bicyclic) bond motifs is 3. The number of thiophene rings is 1. The minimum Gasteiger partial charge on any atom is -0.376 e. The molecule has 4 heterocycles. The molecule has 1 aliphatic heterocycles. The molecule has 1 aliphatic carbocycles. The second-order valence-corrected chi connectivity index (χ2v) is 11.5. The SMILES string of the molecule is Cc1ccccc1Nc1nc(N)nc(CSc2nc3sc4c(c3c(=O)n2C[C@@H]2CCCO2)CCCC4)n1. The maximum Gasteiger partial charge on any atom is 0.263 e. The van der Waals surface area contributed by atoms with Crippen molar-refractivity contribution in [3.8, 4) is 0 Å². The average molecular weight is 536 g/mol. The summed E-state index contributed by atoms with van der Waals surface area (Å²) in [6.45, 7) is 3.27.